The number of carbonyl (C=O) groups is 2. The highest BCUT2D eigenvalue weighted by Gasteiger charge is 2.48. The number of aromatic nitrogens is 2. The fourth-order valence-corrected chi connectivity index (χ4v) is 5.33. The highest BCUT2D eigenvalue weighted by molar-refractivity contribution is 6.05. The van der Waals surface area contributed by atoms with E-state index in [4.69, 9.17) is 15.6 Å². The van der Waals surface area contributed by atoms with Gasteiger partial charge in [0.15, 0.2) is 5.82 Å². The number of likely N-dealkylation sites (tertiary alicyclic amines) is 1. The summed E-state index contributed by atoms with van der Waals surface area (Å²) in [6.45, 7) is 4.22. The molecule has 0 bridgehead atoms. The second-order valence-corrected chi connectivity index (χ2v) is 10.3. The number of carbonyl (C=O) groups excluding carboxylic acids is 2. The number of quaternary nitrogens is 1. The lowest BCUT2D eigenvalue weighted by atomic mass is 9.85. The van der Waals surface area contributed by atoms with Crippen LogP contribution in [0.5, 0.6) is 0 Å². The van der Waals surface area contributed by atoms with Gasteiger partial charge in [-0.15, -0.1) is 9.69 Å². The van der Waals surface area contributed by atoms with Crippen LogP contribution in [-0.2, 0) is 9.53 Å². The smallest absolute Gasteiger partial charge is 0.264 e. The topological polar surface area (TPSA) is 135 Å². The van der Waals surface area contributed by atoms with Gasteiger partial charge in [0.05, 0.1) is 36.6 Å². The van der Waals surface area contributed by atoms with Crippen molar-refractivity contribution in [3.63, 3.8) is 0 Å². The van der Waals surface area contributed by atoms with Gasteiger partial charge in [-0.05, 0) is 56.2 Å². The number of hydrogen-bond donors (Lipinski definition) is 2. The van der Waals surface area contributed by atoms with Crippen molar-refractivity contribution in [3.05, 3.63) is 77.5 Å². The minimum Gasteiger partial charge on any atom is -0.379 e. The highest BCUT2D eigenvalue weighted by atomic mass is 16.5. The molecule has 2 saturated heterocycles. The molecule has 3 N–H and O–H groups in total. The van der Waals surface area contributed by atoms with Crippen molar-refractivity contribution in [1.29, 1.82) is 0 Å². The fourth-order valence-electron chi connectivity index (χ4n) is 5.33. The molecule has 11 nitrogen and oxygen atoms in total. The third-order valence-electron chi connectivity index (χ3n) is 7.49. The molecule has 0 spiro atoms. The van der Waals surface area contributed by atoms with Crippen LogP contribution in [0.2, 0.25) is 0 Å². The van der Waals surface area contributed by atoms with Crippen molar-refractivity contribution in [2.24, 2.45) is 27.2 Å². The first kappa shape index (κ1) is 24.3. The van der Waals surface area contributed by atoms with Crippen molar-refractivity contribution in [3.8, 4) is 0 Å². The molecule has 2 atom stereocenters. The molecular formula is C27H29N8O3+. The quantitative estimate of drug-likeness (QED) is 0.465. The van der Waals surface area contributed by atoms with Crippen LogP contribution in [-0.4, -0.2) is 69.9 Å². The molecule has 2 aromatic rings. The van der Waals surface area contributed by atoms with E-state index < -0.39 is 5.41 Å². The predicted octanol–water partition coefficient (Wildman–Crippen LogP) is 2.22. The predicted molar refractivity (Wildman–Crippen MR) is 140 cm³/mol. The summed E-state index contributed by atoms with van der Waals surface area (Å²) in [7, 11) is 0. The van der Waals surface area contributed by atoms with Gasteiger partial charge in [-0.25, -0.2) is 0 Å². The van der Waals surface area contributed by atoms with Crippen molar-refractivity contribution in [1.82, 2.24) is 15.1 Å². The molecule has 2 fully saturated rings. The monoisotopic (exact) mass is 513 g/mol. The maximum absolute atomic E-state index is 13.2. The number of anilines is 1. The molecule has 4 aliphatic heterocycles. The van der Waals surface area contributed by atoms with Crippen LogP contribution >= 0.6 is 0 Å². The Morgan fingerprint density at radius 1 is 1.21 bits per heavy atom. The molecule has 4 aliphatic rings. The van der Waals surface area contributed by atoms with Crippen LogP contribution in [0.25, 0.3) is 0 Å². The number of nitrogens with one attached hydrogen (secondary N) is 1. The van der Waals surface area contributed by atoms with Crippen molar-refractivity contribution in [2.45, 2.75) is 19.8 Å². The molecule has 38 heavy (non-hydrogen) atoms. The second kappa shape index (κ2) is 9.35. The third kappa shape index (κ3) is 4.14. The Morgan fingerprint density at radius 3 is 2.74 bits per heavy atom. The summed E-state index contributed by atoms with van der Waals surface area (Å²) in [6, 6.07) is 10.5. The standard InChI is InChI=1S/C27H28N8O3/c1-27(16-38-17-27)26(37)34-12-3-4-20(15-34)23-21-14-29-11-13-35(21,28)24(32-23)18-6-8-19(9-7-18)25(36)31-22-5-2-10-30-33-22/h2,5-11,13-14,20H,3-4,12,15-17,28H2,1H3/p+1. The summed E-state index contributed by atoms with van der Waals surface area (Å²) in [5, 5.41) is 10.4. The molecular weight excluding hydrogens is 484 g/mol. The highest BCUT2D eigenvalue weighted by Crippen LogP contribution is 2.39. The van der Waals surface area contributed by atoms with Crippen LogP contribution in [0.1, 0.15) is 35.7 Å². The van der Waals surface area contributed by atoms with E-state index in [1.54, 1.807) is 49.1 Å². The zero-order chi connectivity index (χ0) is 26.3. The molecule has 2 unspecified atom stereocenters. The average molecular weight is 514 g/mol. The number of allylic oxidation sites excluding steroid dienone is 1. The van der Waals surface area contributed by atoms with E-state index in [0.717, 1.165) is 36.3 Å². The Balaban J connectivity index is 1.25. The van der Waals surface area contributed by atoms with E-state index in [1.165, 1.54) is 0 Å². The Hall–Kier alpha value is -4.06. The van der Waals surface area contributed by atoms with Crippen molar-refractivity contribution >= 4 is 29.7 Å². The fraction of sp³-hybridized carbons (Fsp3) is 0.333. The van der Waals surface area contributed by atoms with Gasteiger partial charge in [0.2, 0.25) is 11.6 Å². The lowest BCUT2D eigenvalue weighted by Crippen LogP contribution is -2.55. The summed E-state index contributed by atoms with van der Waals surface area (Å²) in [5.41, 5.74) is 2.48. The van der Waals surface area contributed by atoms with E-state index in [-0.39, 0.29) is 22.3 Å². The first-order valence-electron chi connectivity index (χ1n) is 12.7. The van der Waals surface area contributed by atoms with Gasteiger partial charge in [0, 0.05) is 30.8 Å². The lowest BCUT2D eigenvalue weighted by Gasteiger charge is -2.42. The number of benzene rings is 1. The number of hydrogen-bond acceptors (Lipinski definition) is 8. The summed E-state index contributed by atoms with van der Waals surface area (Å²) in [6.07, 6.45) is 8.57. The molecule has 1 aromatic carbocycles. The van der Waals surface area contributed by atoms with E-state index in [1.807, 2.05) is 24.0 Å². The largest absolute Gasteiger partial charge is 0.379 e. The number of rotatable bonds is 5. The molecule has 0 radical (unpaired) electrons. The van der Waals surface area contributed by atoms with Crippen LogP contribution < -0.4 is 11.2 Å². The Morgan fingerprint density at radius 2 is 2.03 bits per heavy atom. The molecule has 0 aliphatic carbocycles. The number of nitrogens with zero attached hydrogens (tertiary/aromatic N) is 6. The van der Waals surface area contributed by atoms with Crippen LogP contribution in [0.4, 0.5) is 5.82 Å². The van der Waals surface area contributed by atoms with E-state index in [2.05, 4.69) is 20.5 Å². The molecule has 1 aromatic heterocycles. The van der Waals surface area contributed by atoms with E-state index in [9.17, 15) is 9.59 Å². The first-order chi connectivity index (χ1) is 18.4. The number of fused-ring (bicyclic) bond motifs is 1. The van der Waals surface area contributed by atoms with Gasteiger partial charge < -0.3 is 15.0 Å². The molecule has 6 rings (SSSR count). The van der Waals surface area contributed by atoms with E-state index in [0.29, 0.717) is 37.0 Å². The van der Waals surface area contributed by atoms with Gasteiger partial charge in [-0.2, -0.15) is 15.9 Å². The number of ether oxygens (including phenoxy) is 1. The SMILES string of the molecule is CC1(C(=O)N2CCCC(C3=C4C=NC=C[N+]4(N)C(c4ccc(C(=O)Nc5cccnn5)cc4)=N3)C2)COC1. The summed E-state index contributed by atoms with van der Waals surface area (Å²) in [5.74, 6) is 7.82. The first-order valence-corrected chi connectivity index (χ1v) is 12.7. The molecule has 11 heteroatoms. The van der Waals surface area contributed by atoms with Gasteiger partial charge in [0.25, 0.3) is 11.7 Å². The lowest BCUT2D eigenvalue weighted by molar-refractivity contribution is -0.750. The minimum absolute atomic E-state index is 0.0424. The second-order valence-electron chi connectivity index (χ2n) is 10.3. The summed E-state index contributed by atoms with van der Waals surface area (Å²) < 4.78 is 5.21. The maximum atomic E-state index is 13.2. The number of amides is 2. The van der Waals surface area contributed by atoms with Crippen LogP contribution in [0.3, 0.4) is 0 Å². The Bertz CT molecular complexity index is 1400. The van der Waals surface area contributed by atoms with Gasteiger partial charge >= 0.3 is 0 Å². The molecule has 0 saturated carbocycles. The third-order valence-corrected chi connectivity index (χ3v) is 7.49. The zero-order valence-corrected chi connectivity index (χ0v) is 21.1. The van der Waals surface area contributed by atoms with Gasteiger partial charge in [-0.3, -0.25) is 14.6 Å². The van der Waals surface area contributed by atoms with Crippen LogP contribution in [0.15, 0.2) is 76.4 Å². The minimum atomic E-state index is -0.437. The number of amidine groups is 1. The Kier molecular flexibility index (Phi) is 5.98. The van der Waals surface area contributed by atoms with Gasteiger partial charge in [-0.1, -0.05) is 0 Å². The average Bonchev–Trinajstić information content (AvgIpc) is 3.25. The number of aliphatic imine (C=N–C) groups is 2. The Labute approximate surface area is 220 Å². The summed E-state index contributed by atoms with van der Waals surface area (Å²) >= 11 is 0. The van der Waals surface area contributed by atoms with Gasteiger partial charge in [0.1, 0.15) is 11.9 Å². The normalized spacial score (nSPS) is 25.5. The van der Waals surface area contributed by atoms with E-state index >= 15 is 0 Å². The van der Waals surface area contributed by atoms with Crippen LogP contribution in [0, 0.1) is 11.3 Å². The molecule has 2 amide bonds. The summed E-state index contributed by atoms with van der Waals surface area (Å²) in [4.78, 5) is 37.2. The van der Waals surface area contributed by atoms with Crippen molar-refractivity contribution in [2.75, 3.05) is 31.6 Å². The number of nitrogens with two attached hydrogens (primary N) is 1. The molecule has 5 heterocycles. The molecule has 194 valence electrons. The van der Waals surface area contributed by atoms with Crippen molar-refractivity contribution < 1.29 is 18.9 Å². The zero-order valence-electron chi connectivity index (χ0n) is 21.1. The maximum Gasteiger partial charge on any atom is 0.264 e. The number of piperidine rings is 1.